The quantitative estimate of drug-likeness (QED) is 0.702. The lowest BCUT2D eigenvalue weighted by Gasteiger charge is -2.16. The first-order valence-electron chi connectivity index (χ1n) is 5.50. The fourth-order valence-electron chi connectivity index (χ4n) is 2.17. The summed E-state index contributed by atoms with van der Waals surface area (Å²) < 4.78 is 0. The molecule has 1 aromatic carbocycles. The van der Waals surface area contributed by atoms with Crippen LogP contribution in [-0.2, 0) is 6.61 Å². The molecule has 0 aromatic heterocycles. The molecule has 4 N–H and O–H groups in total. The lowest BCUT2D eigenvalue weighted by molar-refractivity contribution is 0.282. The fourth-order valence-corrected chi connectivity index (χ4v) is 2.17. The van der Waals surface area contributed by atoms with Crippen LogP contribution in [0.3, 0.4) is 0 Å². The highest BCUT2D eigenvalue weighted by molar-refractivity contribution is 5.51. The smallest absolute Gasteiger partial charge is 0.0701 e. The average Bonchev–Trinajstić information content (AvgIpc) is 2.65. The van der Waals surface area contributed by atoms with Crippen molar-refractivity contribution in [2.24, 2.45) is 5.73 Å². The van der Waals surface area contributed by atoms with Crippen molar-refractivity contribution in [1.82, 2.24) is 0 Å². The molecule has 0 bridgehead atoms. The van der Waals surface area contributed by atoms with Crippen molar-refractivity contribution in [3.8, 4) is 0 Å². The van der Waals surface area contributed by atoms with Crippen LogP contribution in [0.4, 0.5) is 5.69 Å². The molecule has 0 heterocycles. The van der Waals surface area contributed by atoms with Crippen LogP contribution < -0.4 is 11.1 Å². The molecule has 2 rings (SSSR count). The third-order valence-corrected chi connectivity index (χ3v) is 3.02. The monoisotopic (exact) mass is 206 g/mol. The zero-order chi connectivity index (χ0) is 10.7. The van der Waals surface area contributed by atoms with Gasteiger partial charge in [-0.05, 0) is 25.3 Å². The van der Waals surface area contributed by atoms with Gasteiger partial charge in [-0.25, -0.2) is 0 Å². The van der Waals surface area contributed by atoms with E-state index in [-0.39, 0.29) is 6.61 Å². The summed E-state index contributed by atoms with van der Waals surface area (Å²) in [6.45, 7) is 0.0853. The van der Waals surface area contributed by atoms with Crippen LogP contribution in [0.25, 0.3) is 0 Å². The van der Waals surface area contributed by atoms with Crippen molar-refractivity contribution >= 4 is 5.69 Å². The van der Waals surface area contributed by atoms with Crippen molar-refractivity contribution in [1.29, 1.82) is 0 Å². The normalized spacial score (nSPS) is 25.5. The van der Waals surface area contributed by atoms with Crippen molar-refractivity contribution in [3.63, 3.8) is 0 Å². The van der Waals surface area contributed by atoms with Crippen LogP contribution in [-0.4, -0.2) is 17.2 Å². The number of aliphatic hydroxyl groups excluding tert-OH is 1. The number of aliphatic hydroxyl groups is 1. The molecule has 3 nitrogen and oxygen atoms in total. The van der Waals surface area contributed by atoms with Gasteiger partial charge in [0, 0.05) is 23.3 Å². The molecule has 1 fully saturated rings. The molecule has 2 unspecified atom stereocenters. The van der Waals surface area contributed by atoms with Crippen molar-refractivity contribution in [2.75, 3.05) is 5.32 Å². The molecular formula is C12H18N2O. The first-order valence-corrected chi connectivity index (χ1v) is 5.50. The molecule has 15 heavy (non-hydrogen) atoms. The molecule has 0 aliphatic heterocycles. The molecule has 1 aliphatic carbocycles. The second kappa shape index (κ2) is 4.64. The van der Waals surface area contributed by atoms with Gasteiger partial charge in [0.25, 0.3) is 0 Å². The first kappa shape index (κ1) is 10.5. The Hall–Kier alpha value is -1.06. The van der Waals surface area contributed by atoms with Crippen LogP contribution >= 0.6 is 0 Å². The van der Waals surface area contributed by atoms with Gasteiger partial charge in [0.15, 0.2) is 0 Å². The Labute approximate surface area is 90.3 Å². The summed E-state index contributed by atoms with van der Waals surface area (Å²) in [5.74, 6) is 0. The molecule has 0 amide bonds. The summed E-state index contributed by atoms with van der Waals surface area (Å²) in [6.07, 6.45) is 3.25. The summed E-state index contributed by atoms with van der Waals surface area (Å²) in [5, 5.41) is 12.6. The summed E-state index contributed by atoms with van der Waals surface area (Å²) in [6, 6.07) is 8.68. The van der Waals surface area contributed by atoms with E-state index in [1.54, 1.807) is 0 Å². The SMILES string of the molecule is NC1CCC(Nc2ccccc2CO)C1. The maximum atomic E-state index is 9.18. The number of rotatable bonds is 3. The Balaban J connectivity index is 2.04. The maximum absolute atomic E-state index is 9.18. The van der Waals surface area contributed by atoms with Gasteiger partial charge in [-0.1, -0.05) is 18.2 Å². The average molecular weight is 206 g/mol. The zero-order valence-corrected chi connectivity index (χ0v) is 8.82. The van der Waals surface area contributed by atoms with Crippen LogP contribution in [0.2, 0.25) is 0 Å². The third kappa shape index (κ3) is 2.49. The minimum atomic E-state index is 0.0853. The number of anilines is 1. The largest absolute Gasteiger partial charge is 0.392 e. The highest BCUT2D eigenvalue weighted by Gasteiger charge is 2.21. The molecule has 0 radical (unpaired) electrons. The molecule has 0 spiro atoms. The maximum Gasteiger partial charge on any atom is 0.0701 e. The Bertz CT molecular complexity index is 327. The van der Waals surface area contributed by atoms with Gasteiger partial charge in [0.05, 0.1) is 6.61 Å². The van der Waals surface area contributed by atoms with Gasteiger partial charge < -0.3 is 16.2 Å². The Morgan fingerprint density at radius 2 is 2.13 bits per heavy atom. The lowest BCUT2D eigenvalue weighted by Crippen LogP contribution is -2.21. The summed E-state index contributed by atoms with van der Waals surface area (Å²) >= 11 is 0. The molecule has 1 aliphatic rings. The van der Waals surface area contributed by atoms with E-state index in [4.69, 9.17) is 5.73 Å². The second-order valence-electron chi connectivity index (χ2n) is 4.23. The molecule has 1 saturated carbocycles. The summed E-state index contributed by atoms with van der Waals surface area (Å²) in [7, 11) is 0. The van der Waals surface area contributed by atoms with E-state index in [2.05, 4.69) is 5.32 Å². The predicted molar refractivity (Wildman–Crippen MR) is 61.6 cm³/mol. The van der Waals surface area contributed by atoms with Gasteiger partial charge in [-0.3, -0.25) is 0 Å². The van der Waals surface area contributed by atoms with Crippen molar-refractivity contribution in [2.45, 2.75) is 38.0 Å². The van der Waals surface area contributed by atoms with Crippen molar-refractivity contribution < 1.29 is 5.11 Å². The molecular weight excluding hydrogens is 188 g/mol. The minimum absolute atomic E-state index is 0.0853. The Morgan fingerprint density at radius 3 is 2.80 bits per heavy atom. The van der Waals surface area contributed by atoms with Gasteiger partial charge >= 0.3 is 0 Å². The molecule has 82 valence electrons. The van der Waals surface area contributed by atoms with Gasteiger partial charge in [-0.2, -0.15) is 0 Å². The van der Waals surface area contributed by atoms with Gasteiger partial charge in [-0.15, -0.1) is 0 Å². The van der Waals surface area contributed by atoms with Crippen LogP contribution in [0.5, 0.6) is 0 Å². The van der Waals surface area contributed by atoms with E-state index in [1.807, 2.05) is 24.3 Å². The van der Waals surface area contributed by atoms with Crippen LogP contribution in [0.1, 0.15) is 24.8 Å². The van der Waals surface area contributed by atoms with E-state index < -0.39 is 0 Å². The molecule has 0 saturated heterocycles. The van der Waals surface area contributed by atoms with Gasteiger partial charge in [0.2, 0.25) is 0 Å². The molecule has 1 aromatic rings. The Morgan fingerprint density at radius 1 is 1.33 bits per heavy atom. The number of nitrogens with two attached hydrogens (primary N) is 1. The minimum Gasteiger partial charge on any atom is -0.392 e. The first-order chi connectivity index (χ1) is 7.29. The highest BCUT2D eigenvalue weighted by Crippen LogP contribution is 2.23. The van der Waals surface area contributed by atoms with E-state index in [0.29, 0.717) is 12.1 Å². The lowest BCUT2D eigenvalue weighted by atomic mass is 10.1. The highest BCUT2D eigenvalue weighted by atomic mass is 16.3. The third-order valence-electron chi connectivity index (χ3n) is 3.02. The Kier molecular flexibility index (Phi) is 3.23. The topological polar surface area (TPSA) is 58.3 Å². The van der Waals surface area contributed by atoms with Gasteiger partial charge in [0.1, 0.15) is 0 Å². The standard InChI is InChI=1S/C12H18N2O/c13-10-5-6-11(7-10)14-12-4-2-1-3-9(12)8-15/h1-4,10-11,14-15H,5-8,13H2. The fraction of sp³-hybridized carbons (Fsp3) is 0.500. The zero-order valence-electron chi connectivity index (χ0n) is 8.82. The summed E-state index contributed by atoms with van der Waals surface area (Å²) in [4.78, 5) is 0. The molecule has 3 heteroatoms. The second-order valence-corrected chi connectivity index (χ2v) is 4.23. The van der Waals surface area contributed by atoms with E-state index in [0.717, 1.165) is 30.5 Å². The number of hydrogen-bond donors (Lipinski definition) is 3. The van der Waals surface area contributed by atoms with Crippen LogP contribution in [0.15, 0.2) is 24.3 Å². The van der Waals surface area contributed by atoms with Crippen molar-refractivity contribution in [3.05, 3.63) is 29.8 Å². The number of para-hydroxylation sites is 1. The number of nitrogens with one attached hydrogen (secondary N) is 1. The van der Waals surface area contributed by atoms with E-state index in [1.165, 1.54) is 0 Å². The van der Waals surface area contributed by atoms with Crippen LogP contribution in [0, 0.1) is 0 Å². The van der Waals surface area contributed by atoms with E-state index in [9.17, 15) is 5.11 Å². The number of hydrogen-bond acceptors (Lipinski definition) is 3. The predicted octanol–water partition coefficient (Wildman–Crippen LogP) is 1.47. The number of benzene rings is 1. The van der Waals surface area contributed by atoms with E-state index >= 15 is 0 Å². The summed E-state index contributed by atoms with van der Waals surface area (Å²) in [5.41, 5.74) is 7.86. The molecule has 2 atom stereocenters.